The van der Waals surface area contributed by atoms with Gasteiger partial charge in [0.15, 0.2) is 0 Å². The number of carboxylic acid groups (broad SMARTS) is 1. The minimum Gasteiger partial charge on any atom is -0.481 e. The highest BCUT2D eigenvalue weighted by Gasteiger charge is 2.47. The molecule has 2 fully saturated rings. The van der Waals surface area contributed by atoms with Crippen LogP contribution in [0.15, 0.2) is 22.7 Å². The number of carbonyl (C=O) groups is 2. The van der Waals surface area contributed by atoms with E-state index in [0.29, 0.717) is 23.0 Å². The van der Waals surface area contributed by atoms with Crippen LogP contribution in [0.3, 0.4) is 0 Å². The van der Waals surface area contributed by atoms with E-state index in [-0.39, 0.29) is 18.4 Å². The van der Waals surface area contributed by atoms with Gasteiger partial charge in [0, 0.05) is 17.6 Å². The Bertz CT molecular complexity index is 603. The number of hydrogen-bond donors (Lipinski definition) is 1. The van der Waals surface area contributed by atoms with Gasteiger partial charge in [-0.3, -0.25) is 9.59 Å². The molecule has 6 heteroatoms. The number of nitrogens with zero attached hydrogens (tertiary/aromatic N) is 1. The Morgan fingerprint density at radius 3 is 2.62 bits per heavy atom. The lowest BCUT2D eigenvalue weighted by molar-refractivity contribution is -0.142. The summed E-state index contributed by atoms with van der Waals surface area (Å²) in [6.45, 7) is 0.793. The average Bonchev–Trinajstić information content (AvgIpc) is 3.19. The Hall–Kier alpha value is -1.07. The van der Waals surface area contributed by atoms with Crippen molar-refractivity contribution in [3.05, 3.63) is 33.3 Å². The molecule has 0 unspecified atom stereocenters. The normalized spacial score (nSPS) is 25.1. The van der Waals surface area contributed by atoms with Gasteiger partial charge in [-0.25, -0.2) is 0 Å². The highest BCUT2D eigenvalue weighted by atomic mass is 79.9. The van der Waals surface area contributed by atoms with Crippen LogP contribution in [0.4, 0.5) is 0 Å². The number of carboxylic acids is 1. The molecule has 1 saturated heterocycles. The third-order valence-corrected chi connectivity index (χ3v) is 5.18. The fourth-order valence-electron chi connectivity index (χ4n) is 3.09. The predicted molar refractivity (Wildman–Crippen MR) is 82.4 cm³/mol. The van der Waals surface area contributed by atoms with Crippen molar-refractivity contribution in [2.45, 2.75) is 12.8 Å². The van der Waals surface area contributed by atoms with Crippen LogP contribution in [-0.2, 0) is 4.79 Å². The molecule has 1 heterocycles. The lowest BCUT2D eigenvalue weighted by atomic mass is 9.92. The molecule has 0 spiro atoms. The van der Waals surface area contributed by atoms with Gasteiger partial charge in [0.25, 0.3) is 5.91 Å². The fourth-order valence-corrected chi connectivity index (χ4v) is 3.65. The summed E-state index contributed by atoms with van der Waals surface area (Å²) in [6.07, 6.45) is 2.15. The summed E-state index contributed by atoms with van der Waals surface area (Å²) in [5.41, 5.74) is 0.423. The molecule has 1 aliphatic heterocycles. The van der Waals surface area contributed by atoms with Gasteiger partial charge in [-0.05, 0) is 42.9 Å². The number of hydrogen-bond acceptors (Lipinski definition) is 2. The van der Waals surface area contributed by atoms with Gasteiger partial charge in [0.1, 0.15) is 0 Å². The van der Waals surface area contributed by atoms with Crippen molar-refractivity contribution >= 4 is 39.4 Å². The van der Waals surface area contributed by atoms with Crippen LogP contribution in [0, 0.1) is 17.8 Å². The summed E-state index contributed by atoms with van der Waals surface area (Å²) >= 11 is 9.42. The lowest BCUT2D eigenvalue weighted by Crippen LogP contribution is -2.30. The van der Waals surface area contributed by atoms with E-state index >= 15 is 0 Å². The van der Waals surface area contributed by atoms with Crippen molar-refractivity contribution in [2.24, 2.45) is 17.8 Å². The van der Waals surface area contributed by atoms with E-state index in [4.69, 9.17) is 11.6 Å². The SMILES string of the molecule is O=C(O)[C@H]1CN(C(=O)c2cc(Br)ccc2Cl)C[C@@H]1C1CC1. The van der Waals surface area contributed by atoms with Gasteiger partial charge in [0.2, 0.25) is 0 Å². The molecule has 1 aromatic rings. The number of carbonyl (C=O) groups excluding carboxylic acids is 1. The zero-order valence-corrected chi connectivity index (χ0v) is 13.6. The van der Waals surface area contributed by atoms with Crippen molar-refractivity contribution < 1.29 is 14.7 Å². The quantitative estimate of drug-likeness (QED) is 0.886. The highest BCUT2D eigenvalue weighted by molar-refractivity contribution is 9.10. The smallest absolute Gasteiger partial charge is 0.308 e. The van der Waals surface area contributed by atoms with Crippen LogP contribution in [0.1, 0.15) is 23.2 Å². The summed E-state index contributed by atoms with van der Waals surface area (Å²) in [4.78, 5) is 25.6. The maximum Gasteiger partial charge on any atom is 0.308 e. The van der Waals surface area contributed by atoms with Crippen molar-refractivity contribution in [3.8, 4) is 0 Å². The van der Waals surface area contributed by atoms with Crippen molar-refractivity contribution in [2.75, 3.05) is 13.1 Å². The number of likely N-dealkylation sites (tertiary alicyclic amines) is 1. The van der Waals surface area contributed by atoms with E-state index < -0.39 is 11.9 Å². The Kier molecular flexibility index (Phi) is 3.97. The van der Waals surface area contributed by atoms with Crippen LogP contribution in [0.5, 0.6) is 0 Å². The minimum atomic E-state index is -0.803. The first-order valence-corrected chi connectivity index (χ1v) is 8.11. The molecular formula is C15H15BrClNO3. The third-order valence-electron chi connectivity index (χ3n) is 4.36. The molecule has 1 aliphatic carbocycles. The zero-order valence-electron chi connectivity index (χ0n) is 11.3. The standard InChI is InChI=1S/C15H15BrClNO3/c16-9-3-4-13(17)10(5-9)14(19)18-6-11(8-1-2-8)12(7-18)15(20)21/h3-5,8,11-12H,1-2,6-7H2,(H,20,21)/t11-,12+/m1/s1. The van der Waals surface area contributed by atoms with Crippen LogP contribution in [-0.4, -0.2) is 35.0 Å². The van der Waals surface area contributed by atoms with Gasteiger partial charge in [-0.1, -0.05) is 27.5 Å². The molecule has 1 saturated carbocycles. The largest absolute Gasteiger partial charge is 0.481 e. The van der Waals surface area contributed by atoms with Crippen LogP contribution < -0.4 is 0 Å². The predicted octanol–water partition coefficient (Wildman–Crippen LogP) is 3.29. The van der Waals surface area contributed by atoms with Gasteiger partial charge >= 0.3 is 5.97 Å². The molecule has 1 aromatic carbocycles. The van der Waals surface area contributed by atoms with Crippen molar-refractivity contribution in [1.29, 1.82) is 0 Å². The average molecular weight is 373 g/mol. The topological polar surface area (TPSA) is 57.6 Å². The van der Waals surface area contributed by atoms with Gasteiger partial charge in [-0.2, -0.15) is 0 Å². The summed E-state index contributed by atoms with van der Waals surface area (Å²) in [7, 11) is 0. The molecule has 112 valence electrons. The molecule has 1 amide bonds. The first-order valence-electron chi connectivity index (χ1n) is 6.94. The monoisotopic (exact) mass is 371 g/mol. The molecule has 3 rings (SSSR count). The second-order valence-electron chi connectivity index (χ2n) is 5.78. The Labute approximate surface area is 136 Å². The molecule has 21 heavy (non-hydrogen) atoms. The molecule has 0 aromatic heterocycles. The van der Waals surface area contributed by atoms with E-state index in [1.807, 2.05) is 0 Å². The molecule has 2 atom stereocenters. The Morgan fingerprint density at radius 1 is 1.29 bits per heavy atom. The van der Waals surface area contributed by atoms with Gasteiger partial charge < -0.3 is 10.0 Å². The van der Waals surface area contributed by atoms with Crippen LogP contribution in [0.25, 0.3) is 0 Å². The summed E-state index contributed by atoms with van der Waals surface area (Å²) in [5.74, 6) is -0.898. The Balaban J connectivity index is 1.82. The maximum absolute atomic E-state index is 12.6. The van der Waals surface area contributed by atoms with Crippen LogP contribution >= 0.6 is 27.5 Å². The third kappa shape index (κ3) is 2.94. The second kappa shape index (κ2) is 5.61. The first kappa shape index (κ1) is 14.9. The summed E-state index contributed by atoms with van der Waals surface area (Å²) in [5, 5.41) is 9.75. The minimum absolute atomic E-state index is 0.0809. The maximum atomic E-state index is 12.6. The van der Waals surface area contributed by atoms with Crippen molar-refractivity contribution in [3.63, 3.8) is 0 Å². The number of benzene rings is 1. The fraction of sp³-hybridized carbons (Fsp3) is 0.467. The molecular weight excluding hydrogens is 358 g/mol. The van der Waals surface area contributed by atoms with Gasteiger partial charge in [-0.15, -0.1) is 0 Å². The summed E-state index contributed by atoms with van der Waals surface area (Å²) < 4.78 is 0.781. The molecule has 4 nitrogen and oxygen atoms in total. The number of halogens is 2. The molecule has 2 aliphatic rings. The lowest BCUT2D eigenvalue weighted by Gasteiger charge is -2.17. The van der Waals surface area contributed by atoms with E-state index in [9.17, 15) is 14.7 Å². The van der Waals surface area contributed by atoms with E-state index in [1.54, 1.807) is 23.1 Å². The summed E-state index contributed by atoms with van der Waals surface area (Å²) in [6, 6.07) is 5.13. The van der Waals surface area contributed by atoms with E-state index in [0.717, 1.165) is 17.3 Å². The second-order valence-corrected chi connectivity index (χ2v) is 7.10. The molecule has 0 bridgehead atoms. The highest BCUT2D eigenvalue weighted by Crippen LogP contribution is 2.44. The van der Waals surface area contributed by atoms with Crippen molar-refractivity contribution in [1.82, 2.24) is 4.90 Å². The van der Waals surface area contributed by atoms with E-state index in [1.165, 1.54) is 0 Å². The Morgan fingerprint density at radius 2 is 2.00 bits per heavy atom. The first-order chi connectivity index (χ1) is 9.97. The molecule has 0 radical (unpaired) electrons. The van der Waals surface area contributed by atoms with Gasteiger partial charge in [0.05, 0.1) is 16.5 Å². The van der Waals surface area contributed by atoms with Crippen LogP contribution in [0.2, 0.25) is 5.02 Å². The van der Waals surface area contributed by atoms with E-state index in [2.05, 4.69) is 15.9 Å². The molecule has 1 N–H and O–H groups in total. The number of aliphatic carboxylic acids is 1. The number of amides is 1. The zero-order chi connectivity index (χ0) is 15.1. The number of rotatable bonds is 3.